The summed E-state index contributed by atoms with van der Waals surface area (Å²) in [6, 6.07) is 4.54. The minimum absolute atomic E-state index is 0.0418. The third-order valence-corrected chi connectivity index (χ3v) is 4.29. The summed E-state index contributed by atoms with van der Waals surface area (Å²) in [6.07, 6.45) is 0.0418. The predicted molar refractivity (Wildman–Crippen MR) is 76.5 cm³/mol. The molecule has 1 fully saturated rings. The van der Waals surface area contributed by atoms with Crippen molar-refractivity contribution in [3.05, 3.63) is 23.8 Å². The van der Waals surface area contributed by atoms with Crippen LogP contribution >= 0.6 is 0 Å². The molecule has 0 bridgehead atoms. The molecule has 0 spiro atoms. The van der Waals surface area contributed by atoms with Crippen LogP contribution in [0.5, 0.6) is 5.75 Å². The van der Waals surface area contributed by atoms with Gasteiger partial charge in [-0.1, -0.05) is 6.07 Å². The van der Waals surface area contributed by atoms with E-state index in [1.165, 1.54) is 24.0 Å². The summed E-state index contributed by atoms with van der Waals surface area (Å²) in [7, 11) is -3.66. The number of nitrogens with two attached hydrogens (primary N) is 1. The van der Waals surface area contributed by atoms with E-state index in [0.29, 0.717) is 0 Å². The smallest absolute Gasteiger partial charge is 0.227 e. The van der Waals surface area contributed by atoms with Crippen molar-refractivity contribution in [1.82, 2.24) is 0 Å². The first-order valence-electron chi connectivity index (χ1n) is 6.33. The minimum atomic E-state index is -3.66. The first-order chi connectivity index (χ1) is 9.69. The molecule has 114 valence electrons. The Morgan fingerprint density at radius 3 is 2.71 bits per heavy atom. The zero-order valence-electron chi connectivity index (χ0n) is 11.4. The van der Waals surface area contributed by atoms with Gasteiger partial charge >= 0.3 is 0 Å². The van der Waals surface area contributed by atoms with E-state index in [1.807, 2.05) is 0 Å². The van der Waals surface area contributed by atoms with Gasteiger partial charge in [0.1, 0.15) is 5.75 Å². The third-order valence-electron chi connectivity index (χ3n) is 3.36. The molecule has 0 radical (unpaired) electrons. The highest BCUT2D eigenvalue weighted by Crippen LogP contribution is 2.35. The molecule has 1 aliphatic heterocycles. The van der Waals surface area contributed by atoms with Crippen molar-refractivity contribution in [1.29, 1.82) is 0 Å². The summed E-state index contributed by atoms with van der Waals surface area (Å²) in [5, 5.41) is 15.1. The molecule has 1 aliphatic rings. The van der Waals surface area contributed by atoms with Crippen LogP contribution in [0, 0.1) is 5.92 Å². The van der Waals surface area contributed by atoms with Gasteiger partial charge in [-0.25, -0.2) is 13.6 Å². The fourth-order valence-electron chi connectivity index (χ4n) is 2.49. The van der Waals surface area contributed by atoms with E-state index in [9.17, 15) is 23.1 Å². The van der Waals surface area contributed by atoms with E-state index in [4.69, 9.17) is 5.14 Å². The van der Waals surface area contributed by atoms with Gasteiger partial charge in [0.15, 0.2) is 5.78 Å². The van der Waals surface area contributed by atoms with Gasteiger partial charge in [0.05, 0.1) is 17.0 Å². The Balaban J connectivity index is 2.29. The number of ketones is 1. The van der Waals surface area contributed by atoms with Gasteiger partial charge in [-0.15, -0.1) is 0 Å². The quantitative estimate of drug-likeness (QED) is 0.772. The second kappa shape index (κ2) is 5.45. The molecule has 1 aromatic rings. The SMILES string of the molecule is CC(=O)c1cccc(N2CC(CS(N)(=O)=O)CC2=O)c1O. The molecule has 1 saturated heterocycles. The van der Waals surface area contributed by atoms with Crippen LogP contribution < -0.4 is 10.0 Å². The summed E-state index contributed by atoms with van der Waals surface area (Å²) in [4.78, 5) is 24.7. The first-order valence-corrected chi connectivity index (χ1v) is 8.04. The van der Waals surface area contributed by atoms with Crippen molar-refractivity contribution in [3.63, 3.8) is 0 Å². The minimum Gasteiger partial charge on any atom is -0.505 e. The summed E-state index contributed by atoms with van der Waals surface area (Å²) in [6.45, 7) is 1.46. The van der Waals surface area contributed by atoms with Gasteiger partial charge in [0.25, 0.3) is 0 Å². The number of benzene rings is 1. The summed E-state index contributed by atoms with van der Waals surface area (Å²) in [5.41, 5.74) is 0.333. The van der Waals surface area contributed by atoms with E-state index in [1.54, 1.807) is 6.07 Å². The number of phenolic OH excluding ortho intramolecular Hbond substituents is 1. The fourth-order valence-corrected chi connectivity index (χ4v) is 3.37. The number of hydrogen-bond acceptors (Lipinski definition) is 5. The number of amides is 1. The molecule has 0 aromatic heterocycles. The Labute approximate surface area is 122 Å². The Hall–Kier alpha value is -1.93. The lowest BCUT2D eigenvalue weighted by Crippen LogP contribution is -2.27. The fraction of sp³-hybridized carbons (Fsp3) is 0.385. The number of carbonyl (C=O) groups is 2. The molecule has 1 aromatic carbocycles. The van der Waals surface area contributed by atoms with Crippen molar-refractivity contribution in [2.75, 3.05) is 17.2 Å². The van der Waals surface area contributed by atoms with E-state index in [2.05, 4.69) is 0 Å². The van der Waals surface area contributed by atoms with Gasteiger partial charge in [0.2, 0.25) is 15.9 Å². The number of primary sulfonamides is 1. The van der Waals surface area contributed by atoms with Gasteiger partial charge in [-0.2, -0.15) is 0 Å². The lowest BCUT2D eigenvalue weighted by molar-refractivity contribution is -0.117. The molecule has 0 saturated carbocycles. The van der Waals surface area contributed by atoms with Crippen LogP contribution in [0.3, 0.4) is 0 Å². The highest BCUT2D eigenvalue weighted by atomic mass is 32.2. The number of phenols is 1. The van der Waals surface area contributed by atoms with Crippen LogP contribution in [0.2, 0.25) is 0 Å². The second-order valence-corrected chi connectivity index (χ2v) is 6.79. The maximum Gasteiger partial charge on any atom is 0.227 e. The normalized spacial score (nSPS) is 19.0. The zero-order valence-corrected chi connectivity index (χ0v) is 12.3. The molecular formula is C13H16N2O5S. The zero-order chi connectivity index (χ0) is 15.8. The van der Waals surface area contributed by atoms with Crippen LogP contribution in [0.1, 0.15) is 23.7 Å². The number of Topliss-reactive ketones (excluding diaryl/α,β-unsaturated/α-hetero) is 1. The van der Waals surface area contributed by atoms with Crippen LogP contribution in [0.15, 0.2) is 18.2 Å². The topological polar surface area (TPSA) is 118 Å². The number of nitrogens with zero attached hydrogens (tertiary/aromatic N) is 1. The molecule has 3 N–H and O–H groups in total. The highest BCUT2D eigenvalue weighted by Gasteiger charge is 2.34. The van der Waals surface area contributed by atoms with Crippen molar-refractivity contribution in [2.45, 2.75) is 13.3 Å². The van der Waals surface area contributed by atoms with Crippen molar-refractivity contribution < 1.29 is 23.1 Å². The molecule has 8 heteroatoms. The van der Waals surface area contributed by atoms with E-state index in [-0.39, 0.29) is 47.4 Å². The van der Waals surface area contributed by atoms with E-state index >= 15 is 0 Å². The number of para-hydroxylation sites is 1. The molecule has 1 unspecified atom stereocenters. The summed E-state index contributed by atoms with van der Waals surface area (Å²) >= 11 is 0. The van der Waals surface area contributed by atoms with Crippen molar-refractivity contribution in [2.24, 2.45) is 11.1 Å². The van der Waals surface area contributed by atoms with Crippen LogP contribution in [0.4, 0.5) is 5.69 Å². The maximum atomic E-state index is 12.0. The maximum absolute atomic E-state index is 12.0. The largest absolute Gasteiger partial charge is 0.505 e. The lowest BCUT2D eigenvalue weighted by atomic mass is 10.1. The van der Waals surface area contributed by atoms with Crippen LogP contribution in [-0.4, -0.2) is 37.5 Å². The monoisotopic (exact) mass is 312 g/mol. The molecule has 2 rings (SSSR count). The average Bonchev–Trinajstić information content (AvgIpc) is 2.67. The van der Waals surface area contributed by atoms with Gasteiger partial charge in [-0.3, -0.25) is 9.59 Å². The number of rotatable bonds is 4. The Morgan fingerprint density at radius 2 is 2.14 bits per heavy atom. The predicted octanol–water partition coefficient (Wildman–Crippen LogP) is 0.236. The lowest BCUT2D eigenvalue weighted by Gasteiger charge is -2.19. The molecule has 1 atom stereocenters. The third kappa shape index (κ3) is 3.40. The second-order valence-electron chi connectivity index (χ2n) is 5.13. The van der Waals surface area contributed by atoms with Gasteiger partial charge in [0, 0.05) is 18.9 Å². The summed E-state index contributed by atoms with van der Waals surface area (Å²) in [5.74, 6) is -1.60. The van der Waals surface area contributed by atoms with Crippen LogP contribution in [0.25, 0.3) is 0 Å². The first kappa shape index (κ1) is 15.5. The number of anilines is 1. The average molecular weight is 312 g/mol. The molecule has 0 aliphatic carbocycles. The molecule has 21 heavy (non-hydrogen) atoms. The Morgan fingerprint density at radius 1 is 1.48 bits per heavy atom. The van der Waals surface area contributed by atoms with E-state index in [0.717, 1.165) is 0 Å². The van der Waals surface area contributed by atoms with Gasteiger partial charge < -0.3 is 10.0 Å². The Kier molecular flexibility index (Phi) is 4.02. The molecule has 1 heterocycles. The number of hydrogen-bond donors (Lipinski definition) is 2. The molecular weight excluding hydrogens is 296 g/mol. The highest BCUT2D eigenvalue weighted by molar-refractivity contribution is 7.89. The van der Waals surface area contributed by atoms with Crippen molar-refractivity contribution in [3.8, 4) is 5.75 Å². The number of sulfonamides is 1. The number of aromatic hydroxyl groups is 1. The van der Waals surface area contributed by atoms with Crippen molar-refractivity contribution >= 4 is 27.4 Å². The van der Waals surface area contributed by atoms with Crippen LogP contribution in [-0.2, 0) is 14.8 Å². The van der Waals surface area contributed by atoms with E-state index < -0.39 is 15.9 Å². The summed E-state index contributed by atoms with van der Waals surface area (Å²) < 4.78 is 22.2. The number of carbonyl (C=O) groups excluding carboxylic acids is 2. The Bertz CT molecular complexity index is 699. The molecule has 1 amide bonds. The van der Waals surface area contributed by atoms with Gasteiger partial charge in [-0.05, 0) is 19.1 Å². The standard InChI is InChI=1S/C13H16N2O5S/c1-8(16)10-3-2-4-11(13(10)18)15-6-9(5-12(15)17)7-21(14,19)20/h2-4,9,18H,5-7H2,1H3,(H2,14,19,20). The molecule has 7 nitrogen and oxygen atoms in total.